The predicted octanol–water partition coefficient (Wildman–Crippen LogP) is 2.74. The minimum atomic E-state index is -1.32. The number of methoxy groups -OCH3 is 1. The maximum Gasteiger partial charge on any atom is 0.410 e. The van der Waals surface area contributed by atoms with Gasteiger partial charge in [-0.1, -0.05) is 0 Å². The Morgan fingerprint density at radius 2 is 1.76 bits per heavy atom. The van der Waals surface area contributed by atoms with E-state index in [-0.39, 0.29) is 23.7 Å². The number of halogens is 1. The van der Waals surface area contributed by atoms with E-state index in [1.807, 2.05) is 25.7 Å². The second-order valence-electron chi connectivity index (χ2n) is 11.2. The molecule has 0 radical (unpaired) electrons. The van der Waals surface area contributed by atoms with Crippen LogP contribution in [-0.2, 0) is 32.2 Å². The monoisotopic (exact) mass is 600 g/mol. The quantitative estimate of drug-likeness (QED) is 0.256. The number of hydrogen-bond donors (Lipinski definition) is 0. The molecule has 1 saturated heterocycles. The lowest BCUT2D eigenvalue weighted by Crippen LogP contribution is -2.52. The summed E-state index contributed by atoms with van der Waals surface area (Å²) < 4.78 is 19.6. The molecule has 37 heavy (non-hydrogen) atoms. The zero-order valence-corrected chi connectivity index (χ0v) is 25.3. The van der Waals surface area contributed by atoms with Gasteiger partial charge in [-0.25, -0.2) is 4.79 Å². The second kappa shape index (κ2) is 11.5. The van der Waals surface area contributed by atoms with Gasteiger partial charge in [-0.15, -0.1) is 19.2 Å². The molecule has 1 aliphatic heterocycles. The van der Waals surface area contributed by atoms with Gasteiger partial charge in [0, 0.05) is 32.8 Å². The van der Waals surface area contributed by atoms with Crippen molar-refractivity contribution in [1.29, 1.82) is 0 Å². The lowest BCUT2D eigenvalue weighted by molar-refractivity contribution is -0.139. The third-order valence-electron chi connectivity index (χ3n) is 5.80. The molecule has 1 aliphatic rings. The van der Waals surface area contributed by atoms with Gasteiger partial charge in [-0.05, 0) is 36.7 Å². The first-order valence-corrected chi connectivity index (χ1v) is 16.8. The van der Waals surface area contributed by atoms with E-state index in [2.05, 4.69) is 45.7 Å². The highest BCUT2D eigenvalue weighted by Gasteiger charge is 2.31. The van der Waals surface area contributed by atoms with Crippen molar-refractivity contribution in [2.45, 2.75) is 65.2 Å². The molecule has 0 aromatic carbocycles. The first-order chi connectivity index (χ1) is 17.2. The third-order valence-corrected chi connectivity index (χ3v) is 7.84. The molecule has 0 saturated carbocycles. The normalized spacial score (nSPS) is 14.8. The van der Waals surface area contributed by atoms with Gasteiger partial charge in [0.2, 0.25) is 10.5 Å². The zero-order chi connectivity index (χ0) is 27.5. The number of piperazine rings is 1. The molecule has 2 aromatic heterocycles. The van der Waals surface area contributed by atoms with Crippen LogP contribution in [0.4, 0.5) is 10.5 Å². The molecular weight excluding hydrogens is 564 g/mol. The summed E-state index contributed by atoms with van der Waals surface area (Å²) in [5, 5.41) is 4.23. The molecule has 1 amide bonds. The number of rotatable bonds is 8. The largest absolute Gasteiger partial charge is 0.469 e. The first-order valence-electron chi connectivity index (χ1n) is 12.3. The Bertz CT molecular complexity index is 1190. The molecule has 14 heteroatoms. The number of ether oxygens (including phenoxy) is 3. The van der Waals surface area contributed by atoms with E-state index in [0.29, 0.717) is 44.2 Å². The van der Waals surface area contributed by atoms with Crippen molar-refractivity contribution in [2.24, 2.45) is 0 Å². The number of nitrogens with zero attached hydrogens (tertiary/aromatic N) is 6. The van der Waals surface area contributed by atoms with E-state index < -0.39 is 31.3 Å². The molecule has 0 spiro atoms. The molecular formula is C23H37BrN6O6Si-. The number of esters is 1. The summed E-state index contributed by atoms with van der Waals surface area (Å²) >= 11 is 3.26. The number of carbonyl (C=O) groups excluding carboxylic acids is 2. The molecule has 0 bridgehead atoms. The van der Waals surface area contributed by atoms with Crippen LogP contribution in [-0.4, -0.2) is 89.7 Å². The Kier molecular flexibility index (Phi) is 9.06. The number of aromatic nitrogens is 4. The Morgan fingerprint density at radius 3 is 2.32 bits per heavy atom. The molecule has 3 heterocycles. The fourth-order valence-electron chi connectivity index (χ4n) is 3.88. The van der Waals surface area contributed by atoms with Crippen molar-refractivity contribution in [1.82, 2.24) is 24.1 Å². The van der Waals surface area contributed by atoms with Crippen LogP contribution in [0.25, 0.3) is 5.78 Å². The van der Waals surface area contributed by atoms with Gasteiger partial charge in [0.15, 0.2) is 0 Å². The second-order valence-corrected chi connectivity index (χ2v) is 17.5. The van der Waals surface area contributed by atoms with Crippen LogP contribution in [0, 0.1) is 0 Å². The van der Waals surface area contributed by atoms with E-state index in [4.69, 9.17) is 14.2 Å². The smallest absolute Gasteiger partial charge is 0.410 e. The number of amides is 1. The van der Waals surface area contributed by atoms with Gasteiger partial charge in [-0.3, -0.25) is 14.2 Å². The SMILES string of the molecule is COC(=O)Cc1c(N2CCN(C(=O)OC(C)(C)C)CC2)c(=O)n2nc(Br)nc2n1COCC[Si-](C)(C)C. The summed E-state index contributed by atoms with van der Waals surface area (Å²) in [6, 6.07) is 0.964. The van der Waals surface area contributed by atoms with E-state index in [0.717, 1.165) is 6.04 Å². The topological polar surface area (TPSA) is 121 Å². The van der Waals surface area contributed by atoms with E-state index in [9.17, 15) is 14.4 Å². The highest BCUT2D eigenvalue weighted by Crippen LogP contribution is 2.23. The molecule has 1 fully saturated rings. The van der Waals surface area contributed by atoms with E-state index >= 15 is 0 Å². The lowest BCUT2D eigenvalue weighted by Gasteiger charge is -2.37. The summed E-state index contributed by atoms with van der Waals surface area (Å²) in [7, 11) is -0.0117. The molecule has 0 atom stereocenters. The average molecular weight is 602 g/mol. The molecule has 207 valence electrons. The summed E-state index contributed by atoms with van der Waals surface area (Å²) in [6.07, 6.45) is -0.545. The van der Waals surface area contributed by atoms with Gasteiger partial charge in [0.05, 0.1) is 19.2 Å². The Balaban J connectivity index is 1.98. The van der Waals surface area contributed by atoms with Crippen molar-refractivity contribution in [2.75, 3.05) is 44.8 Å². The molecule has 0 unspecified atom stereocenters. The maximum atomic E-state index is 13.6. The van der Waals surface area contributed by atoms with E-state index in [1.54, 1.807) is 9.47 Å². The lowest BCUT2D eigenvalue weighted by atomic mass is 10.2. The Labute approximate surface area is 226 Å². The Morgan fingerprint density at radius 1 is 1.11 bits per heavy atom. The molecule has 0 aliphatic carbocycles. The van der Waals surface area contributed by atoms with Gasteiger partial charge >= 0.3 is 12.1 Å². The number of fused-ring (bicyclic) bond motifs is 1. The van der Waals surface area contributed by atoms with Crippen molar-refractivity contribution >= 4 is 47.5 Å². The zero-order valence-electron chi connectivity index (χ0n) is 22.7. The standard InChI is InChI=1S/C23H37BrN6O6Si/c1-23(2,3)36-22(33)28-10-8-27(9-11-28)18-16(14-17(31)34-4)29(15-35-12-13-37(5,6)7)21-25-20(24)26-30(21)19(18)32/h8-15H2,1-7H3/q-1. The first kappa shape index (κ1) is 29.1. The molecule has 0 N–H and O–H groups in total. The third kappa shape index (κ3) is 7.54. The fourth-order valence-corrected chi connectivity index (χ4v) is 4.95. The van der Waals surface area contributed by atoms with Crippen LogP contribution in [0.5, 0.6) is 0 Å². The minimum absolute atomic E-state index is 0.0938. The summed E-state index contributed by atoms with van der Waals surface area (Å²) in [6.45, 7) is 14.4. The summed E-state index contributed by atoms with van der Waals surface area (Å²) in [4.78, 5) is 46.5. The summed E-state index contributed by atoms with van der Waals surface area (Å²) in [5.74, 6) is -0.230. The average Bonchev–Trinajstić information content (AvgIpc) is 3.18. The fraction of sp³-hybridized carbons (Fsp3) is 0.696. The predicted molar refractivity (Wildman–Crippen MR) is 145 cm³/mol. The van der Waals surface area contributed by atoms with Gasteiger partial charge in [0.25, 0.3) is 5.56 Å². The van der Waals surface area contributed by atoms with Gasteiger partial charge < -0.3 is 24.0 Å². The maximum absolute atomic E-state index is 13.6. The Hall–Kier alpha value is -2.45. The van der Waals surface area contributed by atoms with Gasteiger partial charge in [-0.2, -0.15) is 29.1 Å². The van der Waals surface area contributed by atoms with Crippen LogP contribution >= 0.6 is 15.9 Å². The number of anilines is 1. The van der Waals surface area contributed by atoms with Crippen molar-refractivity contribution in [3.8, 4) is 0 Å². The van der Waals surface area contributed by atoms with Crippen LogP contribution in [0.15, 0.2) is 9.53 Å². The highest BCUT2D eigenvalue weighted by molar-refractivity contribution is 9.10. The summed E-state index contributed by atoms with van der Waals surface area (Å²) in [5.41, 5.74) is -0.261. The molecule has 3 rings (SSSR count). The van der Waals surface area contributed by atoms with Gasteiger partial charge in [0.1, 0.15) is 18.0 Å². The van der Waals surface area contributed by atoms with Crippen molar-refractivity contribution < 1.29 is 23.8 Å². The highest BCUT2D eigenvalue weighted by atomic mass is 79.9. The van der Waals surface area contributed by atoms with Crippen LogP contribution in [0.1, 0.15) is 26.5 Å². The van der Waals surface area contributed by atoms with Crippen LogP contribution in [0.2, 0.25) is 25.7 Å². The van der Waals surface area contributed by atoms with Crippen molar-refractivity contribution in [3.63, 3.8) is 0 Å². The van der Waals surface area contributed by atoms with Crippen molar-refractivity contribution in [3.05, 3.63) is 20.8 Å². The molecule has 12 nitrogen and oxygen atoms in total. The van der Waals surface area contributed by atoms with E-state index in [1.165, 1.54) is 11.6 Å². The molecule has 2 aromatic rings. The number of carbonyl (C=O) groups is 2. The number of hydrogen-bond acceptors (Lipinski definition) is 9. The van der Waals surface area contributed by atoms with Crippen LogP contribution in [0.3, 0.4) is 0 Å². The van der Waals surface area contributed by atoms with Crippen LogP contribution < -0.4 is 10.5 Å². The minimum Gasteiger partial charge on any atom is -0.469 e.